The molecular weight excluding hydrogens is 453 g/mol. The average molecular weight is 488 g/mol. The SMILES string of the molecule is CCOc1cc(CNC23CC4C[C@@](C)(C2)C[C@](C)(C4)C3)ccc1OCc1ccc(Cl)cc1Cl. The van der Waals surface area contributed by atoms with Gasteiger partial charge in [-0.3, -0.25) is 0 Å². The van der Waals surface area contributed by atoms with Crippen molar-refractivity contribution in [1.29, 1.82) is 0 Å². The molecule has 178 valence electrons. The number of ether oxygens (including phenoxy) is 2. The van der Waals surface area contributed by atoms with Crippen LogP contribution in [0.25, 0.3) is 0 Å². The van der Waals surface area contributed by atoms with E-state index in [2.05, 4.69) is 31.3 Å². The first-order valence-corrected chi connectivity index (χ1v) is 13.0. The van der Waals surface area contributed by atoms with Crippen molar-refractivity contribution in [1.82, 2.24) is 5.32 Å². The van der Waals surface area contributed by atoms with Crippen molar-refractivity contribution in [2.45, 2.75) is 78.0 Å². The fraction of sp³-hybridized carbons (Fsp3) is 0.571. The number of hydrogen-bond donors (Lipinski definition) is 1. The van der Waals surface area contributed by atoms with Crippen molar-refractivity contribution >= 4 is 23.2 Å². The van der Waals surface area contributed by atoms with Gasteiger partial charge in [0.2, 0.25) is 0 Å². The summed E-state index contributed by atoms with van der Waals surface area (Å²) < 4.78 is 12.0. The summed E-state index contributed by atoms with van der Waals surface area (Å²) in [5.41, 5.74) is 3.45. The summed E-state index contributed by atoms with van der Waals surface area (Å²) in [6.07, 6.45) is 8.20. The second-order valence-electron chi connectivity index (χ2n) is 11.5. The van der Waals surface area contributed by atoms with Crippen LogP contribution in [0.4, 0.5) is 0 Å². The molecule has 1 N–H and O–H groups in total. The lowest BCUT2D eigenvalue weighted by Gasteiger charge is -2.65. The normalized spacial score (nSPS) is 32.2. The van der Waals surface area contributed by atoms with Crippen LogP contribution in [0.15, 0.2) is 36.4 Å². The minimum Gasteiger partial charge on any atom is -0.490 e. The van der Waals surface area contributed by atoms with Gasteiger partial charge in [0.1, 0.15) is 6.61 Å². The summed E-state index contributed by atoms with van der Waals surface area (Å²) in [4.78, 5) is 0. The van der Waals surface area contributed by atoms with Crippen LogP contribution in [0.5, 0.6) is 11.5 Å². The molecule has 0 amide bonds. The Labute approximate surface area is 208 Å². The highest BCUT2D eigenvalue weighted by molar-refractivity contribution is 6.35. The van der Waals surface area contributed by atoms with Crippen molar-refractivity contribution in [3.05, 3.63) is 57.6 Å². The summed E-state index contributed by atoms with van der Waals surface area (Å²) in [6.45, 7) is 8.88. The third-order valence-electron chi connectivity index (χ3n) is 8.00. The van der Waals surface area contributed by atoms with Crippen molar-refractivity contribution < 1.29 is 9.47 Å². The van der Waals surface area contributed by atoms with Crippen LogP contribution in [-0.2, 0) is 13.2 Å². The zero-order valence-electron chi connectivity index (χ0n) is 20.0. The van der Waals surface area contributed by atoms with Gasteiger partial charge < -0.3 is 14.8 Å². The standard InChI is InChI=1S/C28H35Cl2NO2/c1-4-32-25-9-19(5-8-24(25)33-15-21-6-7-22(29)10-23(21)30)14-31-28-13-20-11-26(2,17-28)16-27(3,12-20)18-28/h5-10,20,31H,4,11-18H2,1-3H3/t20?,26-,27+,28?. The van der Waals surface area contributed by atoms with E-state index < -0.39 is 0 Å². The van der Waals surface area contributed by atoms with E-state index in [0.717, 1.165) is 29.5 Å². The molecule has 0 aromatic heterocycles. The first-order valence-electron chi connectivity index (χ1n) is 12.3. The molecule has 2 unspecified atom stereocenters. The molecule has 4 aliphatic rings. The molecule has 4 bridgehead atoms. The Balaban J connectivity index is 1.28. The third kappa shape index (κ3) is 4.88. The first-order chi connectivity index (χ1) is 15.7. The second-order valence-corrected chi connectivity index (χ2v) is 12.3. The van der Waals surface area contributed by atoms with E-state index in [9.17, 15) is 0 Å². The lowest BCUT2D eigenvalue weighted by Crippen LogP contribution is -2.63. The summed E-state index contributed by atoms with van der Waals surface area (Å²) in [5.74, 6) is 2.41. The highest BCUT2D eigenvalue weighted by Crippen LogP contribution is 2.66. The molecule has 4 saturated carbocycles. The summed E-state index contributed by atoms with van der Waals surface area (Å²) in [6, 6.07) is 11.8. The number of nitrogens with one attached hydrogen (secondary N) is 1. The minimum absolute atomic E-state index is 0.287. The molecule has 33 heavy (non-hydrogen) atoms. The maximum absolute atomic E-state index is 6.31. The van der Waals surface area contributed by atoms with Crippen LogP contribution < -0.4 is 14.8 Å². The molecular formula is C28H35Cl2NO2. The van der Waals surface area contributed by atoms with Crippen molar-refractivity contribution in [3.63, 3.8) is 0 Å². The van der Waals surface area contributed by atoms with E-state index in [1.54, 1.807) is 6.07 Å². The van der Waals surface area contributed by atoms with Crippen LogP contribution in [0, 0.1) is 16.7 Å². The number of hydrogen-bond acceptors (Lipinski definition) is 3. The Bertz CT molecular complexity index is 1020. The van der Waals surface area contributed by atoms with Gasteiger partial charge in [-0.15, -0.1) is 0 Å². The molecule has 2 aromatic rings. The lowest BCUT2D eigenvalue weighted by molar-refractivity contribution is -0.118. The number of rotatable bonds is 8. The van der Waals surface area contributed by atoms with Crippen molar-refractivity contribution in [2.75, 3.05) is 6.61 Å². The summed E-state index contributed by atoms with van der Waals surface area (Å²) >= 11 is 12.3. The maximum atomic E-state index is 6.31. The molecule has 6 rings (SSSR count). The highest BCUT2D eigenvalue weighted by atomic mass is 35.5. The van der Waals surface area contributed by atoms with Crippen LogP contribution in [0.1, 0.15) is 70.4 Å². The Morgan fingerprint density at radius 1 is 0.909 bits per heavy atom. The Kier molecular flexibility index (Phi) is 6.12. The van der Waals surface area contributed by atoms with Crippen LogP contribution in [0.2, 0.25) is 10.0 Å². The van der Waals surface area contributed by atoms with E-state index in [0.29, 0.717) is 34.1 Å². The molecule has 3 nitrogen and oxygen atoms in total. The van der Waals surface area contributed by atoms with Gasteiger partial charge in [-0.2, -0.15) is 0 Å². The van der Waals surface area contributed by atoms with Crippen LogP contribution in [-0.4, -0.2) is 12.1 Å². The van der Waals surface area contributed by atoms with Crippen LogP contribution >= 0.6 is 23.2 Å². The average Bonchev–Trinajstić information content (AvgIpc) is 2.70. The number of benzene rings is 2. The Morgan fingerprint density at radius 2 is 1.67 bits per heavy atom. The summed E-state index contributed by atoms with van der Waals surface area (Å²) in [7, 11) is 0. The van der Waals surface area contributed by atoms with E-state index in [-0.39, 0.29) is 5.54 Å². The molecule has 4 aliphatic carbocycles. The maximum Gasteiger partial charge on any atom is 0.161 e. The summed E-state index contributed by atoms with van der Waals surface area (Å²) in [5, 5.41) is 5.26. The molecule has 0 radical (unpaired) electrons. The molecule has 4 atom stereocenters. The van der Waals surface area contributed by atoms with Gasteiger partial charge in [-0.1, -0.05) is 49.2 Å². The van der Waals surface area contributed by atoms with Crippen molar-refractivity contribution in [3.8, 4) is 11.5 Å². The smallest absolute Gasteiger partial charge is 0.161 e. The highest BCUT2D eigenvalue weighted by Gasteiger charge is 2.59. The van der Waals surface area contributed by atoms with Gasteiger partial charge in [0, 0.05) is 27.7 Å². The van der Waals surface area contributed by atoms with E-state index in [1.165, 1.54) is 44.1 Å². The van der Waals surface area contributed by atoms with Crippen molar-refractivity contribution in [2.24, 2.45) is 16.7 Å². The largest absolute Gasteiger partial charge is 0.490 e. The van der Waals surface area contributed by atoms with Gasteiger partial charge >= 0.3 is 0 Å². The number of halogens is 2. The molecule has 0 aliphatic heterocycles. The molecule has 5 heteroatoms. The molecule has 0 saturated heterocycles. The van der Waals surface area contributed by atoms with Gasteiger partial charge in [0.15, 0.2) is 11.5 Å². The van der Waals surface area contributed by atoms with E-state index in [1.807, 2.05) is 25.1 Å². The predicted octanol–water partition coefficient (Wildman–Crippen LogP) is 7.81. The second kappa shape index (κ2) is 8.66. The zero-order chi connectivity index (χ0) is 23.3. The third-order valence-corrected chi connectivity index (χ3v) is 8.59. The topological polar surface area (TPSA) is 30.5 Å². The van der Waals surface area contributed by atoms with Gasteiger partial charge in [-0.05, 0) is 92.0 Å². The Hall–Kier alpha value is -1.42. The zero-order valence-corrected chi connectivity index (χ0v) is 21.5. The van der Waals surface area contributed by atoms with E-state index >= 15 is 0 Å². The lowest BCUT2D eigenvalue weighted by atomic mass is 9.43. The Morgan fingerprint density at radius 3 is 2.33 bits per heavy atom. The minimum atomic E-state index is 0.287. The van der Waals surface area contributed by atoms with Gasteiger partial charge in [0.05, 0.1) is 6.61 Å². The van der Waals surface area contributed by atoms with Crippen LogP contribution in [0.3, 0.4) is 0 Å². The first kappa shape index (κ1) is 23.3. The fourth-order valence-electron chi connectivity index (χ4n) is 7.78. The monoisotopic (exact) mass is 487 g/mol. The molecule has 2 aromatic carbocycles. The van der Waals surface area contributed by atoms with E-state index in [4.69, 9.17) is 32.7 Å². The fourth-order valence-corrected chi connectivity index (χ4v) is 8.24. The molecule has 0 heterocycles. The quantitative estimate of drug-likeness (QED) is 0.411. The molecule has 4 fully saturated rings. The van der Waals surface area contributed by atoms with Gasteiger partial charge in [-0.25, -0.2) is 0 Å². The molecule has 0 spiro atoms. The van der Waals surface area contributed by atoms with Gasteiger partial charge in [0.25, 0.3) is 0 Å². The predicted molar refractivity (Wildman–Crippen MR) is 135 cm³/mol.